The highest BCUT2D eigenvalue weighted by molar-refractivity contribution is 8.14. The van der Waals surface area contributed by atoms with Crippen molar-refractivity contribution in [1.82, 2.24) is 9.97 Å². The predicted octanol–water partition coefficient (Wildman–Crippen LogP) is 1.55. The summed E-state index contributed by atoms with van der Waals surface area (Å²) in [4.78, 5) is 18.0. The van der Waals surface area contributed by atoms with Gasteiger partial charge in [-0.1, -0.05) is 0 Å². The predicted molar refractivity (Wildman–Crippen MR) is 65.1 cm³/mol. The number of rotatable bonds is 3. The second kappa shape index (κ2) is 4.61. The number of carbonyl (C=O) groups is 1. The molecule has 0 bridgehead atoms. The van der Waals surface area contributed by atoms with Gasteiger partial charge in [-0.25, -0.2) is 4.98 Å². The van der Waals surface area contributed by atoms with E-state index in [1.165, 1.54) is 11.8 Å². The van der Waals surface area contributed by atoms with Crippen molar-refractivity contribution in [2.24, 2.45) is 10.2 Å². The molecule has 2 rings (SSSR count). The minimum atomic E-state index is 0.150. The summed E-state index contributed by atoms with van der Waals surface area (Å²) in [6.07, 6.45) is 2.32. The zero-order chi connectivity index (χ0) is 11.5. The number of carbonyl (C=O) groups excluding carboxylic acids is 1. The Bertz CT molecular complexity index is 475. The maximum absolute atomic E-state index is 10.8. The summed E-state index contributed by atoms with van der Waals surface area (Å²) in [5.41, 5.74) is 2.72. The van der Waals surface area contributed by atoms with Gasteiger partial charge in [0.1, 0.15) is 16.5 Å². The molecule has 6 heteroatoms. The number of hydrogen-bond acceptors (Lipinski definition) is 5. The normalized spacial score (nSPS) is 14.9. The Balaban J connectivity index is 1.96. The van der Waals surface area contributed by atoms with Crippen LogP contribution in [0.15, 0.2) is 16.5 Å². The highest BCUT2D eigenvalue weighted by Crippen LogP contribution is 2.18. The molecule has 0 aromatic carbocycles. The fourth-order valence-electron chi connectivity index (χ4n) is 1.38. The van der Waals surface area contributed by atoms with Crippen LogP contribution in [0.3, 0.4) is 0 Å². The van der Waals surface area contributed by atoms with Crippen LogP contribution in [0.1, 0.15) is 24.7 Å². The molecule has 0 saturated carbocycles. The molecule has 1 N–H and O–H groups in total. The minimum Gasteiger partial charge on any atom is -0.348 e. The van der Waals surface area contributed by atoms with Gasteiger partial charge < -0.3 is 4.98 Å². The Morgan fingerprint density at radius 1 is 1.56 bits per heavy atom. The average Bonchev–Trinajstić information content (AvgIpc) is 2.83. The Hall–Kier alpha value is -1.43. The maximum Gasteiger partial charge on any atom is 0.140 e. The van der Waals surface area contributed by atoms with E-state index in [1.54, 1.807) is 13.3 Å². The maximum atomic E-state index is 10.8. The van der Waals surface area contributed by atoms with E-state index in [0.717, 1.165) is 22.1 Å². The number of nitrogens with zero attached hydrogens (tertiary/aromatic N) is 3. The van der Waals surface area contributed by atoms with Gasteiger partial charge >= 0.3 is 0 Å². The van der Waals surface area contributed by atoms with Gasteiger partial charge in [-0.2, -0.15) is 5.10 Å². The van der Waals surface area contributed by atoms with Gasteiger partial charge in [-0.15, -0.1) is 16.9 Å². The number of Topliss-reactive ketones (excluding diaryl/α,β-unsaturated/α-hetero) is 1. The standard InChI is InChI=1S/C10H12N4OS/c1-6(15)4-16-9-3-8(13-14-9)10-7(2)11-5-12-10/h5H,3-4H2,1-2H3,(H,11,12). The van der Waals surface area contributed by atoms with E-state index >= 15 is 0 Å². The van der Waals surface area contributed by atoms with Crippen molar-refractivity contribution in [1.29, 1.82) is 0 Å². The number of thioether (sulfide) groups is 1. The molecule has 0 atom stereocenters. The zero-order valence-electron chi connectivity index (χ0n) is 9.15. The number of hydrogen-bond donors (Lipinski definition) is 1. The first-order chi connectivity index (χ1) is 7.66. The summed E-state index contributed by atoms with van der Waals surface area (Å²) in [6.45, 7) is 3.52. The topological polar surface area (TPSA) is 70.5 Å². The number of aromatic nitrogens is 2. The SMILES string of the molecule is CC(=O)CSC1=NN=C(c2nc[nH]c2C)C1. The van der Waals surface area contributed by atoms with Crippen LogP contribution in [0, 0.1) is 6.92 Å². The summed E-state index contributed by atoms with van der Waals surface area (Å²) >= 11 is 1.45. The van der Waals surface area contributed by atoms with Crippen molar-refractivity contribution in [3.8, 4) is 0 Å². The lowest BCUT2D eigenvalue weighted by atomic mass is 10.2. The van der Waals surface area contributed by atoms with Gasteiger partial charge in [-0.05, 0) is 13.8 Å². The molecule has 0 radical (unpaired) electrons. The van der Waals surface area contributed by atoms with E-state index in [-0.39, 0.29) is 5.78 Å². The number of aryl methyl sites for hydroxylation is 1. The van der Waals surface area contributed by atoms with Crippen LogP contribution in [-0.2, 0) is 4.79 Å². The van der Waals surface area contributed by atoms with Gasteiger partial charge in [0, 0.05) is 12.1 Å². The van der Waals surface area contributed by atoms with E-state index < -0.39 is 0 Å². The van der Waals surface area contributed by atoms with Crippen LogP contribution < -0.4 is 0 Å². The van der Waals surface area contributed by atoms with Crippen molar-refractivity contribution in [3.05, 3.63) is 17.7 Å². The van der Waals surface area contributed by atoms with Crippen LogP contribution in [0.2, 0.25) is 0 Å². The summed E-state index contributed by atoms with van der Waals surface area (Å²) in [5, 5.41) is 9.02. The monoisotopic (exact) mass is 236 g/mol. The van der Waals surface area contributed by atoms with Crippen LogP contribution in [0.5, 0.6) is 0 Å². The second-order valence-electron chi connectivity index (χ2n) is 3.58. The van der Waals surface area contributed by atoms with Crippen molar-refractivity contribution >= 4 is 28.3 Å². The van der Waals surface area contributed by atoms with Crippen LogP contribution >= 0.6 is 11.8 Å². The Morgan fingerprint density at radius 2 is 2.38 bits per heavy atom. The highest BCUT2D eigenvalue weighted by atomic mass is 32.2. The van der Waals surface area contributed by atoms with E-state index in [2.05, 4.69) is 20.2 Å². The number of ketones is 1. The number of nitrogens with one attached hydrogen (secondary N) is 1. The molecule has 0 amide bonds. The number of imidazole rings is 1. The summed E-state index contributed by atoms with van der Waals surface area (Å²) < 4.78 is 0. The number of aromatic amines is 1. The van der Waals surface area contributed by atoms with E-state index in [0.29, 0.717) is 12.2 Å². The van der Waals surface area contributed by atoms with Gasteiger partial charge in [-0.3, -0.25) is 4.79 Å². The Labute approximate surface area is 97.5 Å². The van der Waals surface area contributed by atoms with Crippen molar-refractivity contribution < 1.29 is 4.79 Å². The molecule has 0 saturated heterocycles. The first kappa shape index (κ1) is 11.1. The molecule has 0 unspecified atom stereocenters. The van der Waals surface area contributed by atoms with Crippen molar-refractivity contribution in [2.75, 3.05) is 5.75 Å². The summed E-state index contributed by atoms with van der Waals surface area (Å²) in [6, 6.07) is 0. The van der Waals surface area contributed by atoms with E-state index in [1.807, 2.05) is 6.92 Å². The zero-order valence-corrected chi connectivity index (χ0v) is 9.97. The van der Waals surface area contributed by atoms with Crippen LogP contribution in [0.4, 0.5) is 0 Å². The van der Waals surface area contributed by atoms with Gasteiger partial charge in [0.15, 0.2) is 0 Å². The minimum absolute atomic E-state index is 0.150. The fraction of sp³-hybridized carbons (Fsp3) is 0.400. The van der Waals surface area contributed by atoms with Gasteiger partial charge in [0.2, 0.25) is 0 Å². The smallest absolute Gasteiger partial charge is 0.140 e. The number of H-pyrrole nitrogens is 1. The first-order valence-electron chi connectivity index (χ1n) is 4.93. The quantitative estimate of drug-likeness (QED) is 0.865. The molecule has 1 aromatic rings. The molecule has 1 aliphatic heterocycles. The van der Waals surface area contributed by atoms with E-state index in [9.17, 15) is 4.79 Å². The van der Waals surface area contributed by atoms with Crippen LogP contribution in [-0.4, -0.2) is 32.3 Å². The molecular weight excluding hydrogens is 224 g/mol. The van der Waals surface area contributed by atoms with Crippen molar-refractivity contribution in [3.63, 3.8) is 0 Å². The molecule has 16 heavy (non-hydrogen) atoms. The first-order valence-corrected chi connectivity index (χ1v) is 5.91. The third kappa shape index (κ3) is 2.38. The average molecular weight is 236 g/mol. The molecule has 1 aliphatic rings. The van der Waals surface area contributed by atoms with Crippen LogP contribution in [0.25, 0.3) is 0 Å². The summed E-state index contributed by atoms with van der Waals surface area (Å²) in [7, 11) is 0. The molecule has 1 aromatic heterocycles. The lowest BCUT2D eigenvalue weighted by molar-refractivity contribution is -0.114. The molecule has 84 valence electrons. The van der Waals surface area contributed by atoms with Crippen molar-refractivity contribution in [2.45, 2.75) is 20.3 Å². The third-order valence-corrected chi connectivity index (χ3v) is 3.26. The molecule has 5 nitrogen and oxygen atoms in total. The molecule has 2 heterocycles. The molecular formula is C10H12N4OS. The largest absolute Gasteiger partial charge is 0.348 e. The highest BCUT2D eigenvalue weighted by Gasteiger charge is 2.18. The molecule has 0 fully saturated rings. The van der Waals surface area contributed by atoms with Gasteiger partial charge in [0.25, 0.3) is 0 Å². The van der Waals surface area contributed by atoms with E-state index in [4.69, 9.17) is 0 Å². The third-order valence-electron chi connectivity index (χ3n) is 2.15. The van der Waals surface area contributed by atoms with Gasteiger partial charge in [0.05, 0.1) is 17.8 Å². The second-order valence-corrected chi connectivity index (χ2v) is 4.63. The lowest BCUT2D eigenvalue weighted by Crippen LogP contribution is -2.05. The fourth-order valence-corrected chi connectivity index (χ4v) is 2.08. The molecule has 0 spiro atoms. The summed E-state index contributed by atoms with van der Waals surface area (Å²) in [5.74, 6) is 0.610. The lowest BCUT2D eigenvalue weighted by Gasteiger charge is -1.98. The Kier molecular flexibility index (Phi) is 3.19. The Morgan fingerprint density at radius 3 is 3.00 bits per heavy atom. The molecule has 0 aliphatic carbocycles.